The lowest BCUT2D eigenvalue weighted by atomic mass is 10.1. The average Bonchev–Trinajstić information content (AvgIpc) is 2.27. The van der Waals surface area contributed by atoms with Crippen LogP contribution in [0.5, 0.6) is 0 Å². The number of hydrogen-bond acceptors (Lipinski definition) is 3. The number of carbonyl (C=O) groups excluding carboxylic acids is 1. The number of amides is 1. The Labute approximate surface area is 108 Å². The van der Waals surface area contributed by atoms with E-state index in [1.807, 2.05) is 13.8 Å². The Morgan fingerprint density at radius 2 is 1.83 bits per heavy atom. The van der Waals surface area contributed by atoms with Gasteiger partial charge in [-0.1, -0.05) is 19.1 Å². The van der Waals surface area contributed by atoms with Gasteiger partial charge in [0.25, 0.3) is 5.91 Å². The smallest absolute Gasteiger partial charge is 0.251 e. The van der Waals surface area contributed by atoms with Crippen LogP contribution in [0.25, 0.3) is 0 Å². The predicted octanol–water partition coefficient (Wildman–Crippen LogP) is 1.76. The largest absolute Gasteiger partial charge is 0.350 e. The fourth-order valence-electron chi connectivity index (χ4n) is 1.46. The van der Waals surface area contributed by atoms with Crippen molar-refractivity contribution in [1.29, 1.82) is 0 Å². The van der Waals surface area contributed by atoms with E-state index in [2.05, 4.69) is 5.32 Å². The minimum atomic E-state index is -3.03. The van der Waals surface area contributed by atoms with E-state index in [-0.39, 0.29) is 17.7 Å². The monoisotopic (exact) mass is 269 g/mol. The second-order valence-corrected chi connectivity index (χ2v) is 6.69. The lowest BCUT2D eigenvalue weighted by molar-refractivity contribution is 0.0939. The van der Waals surface area contributed by atoms with E-state index in [0.717, 1.165) is 6.42 Å². The van der Waals surface area contributed by atoms with Gasteiger partial charge in [-0.15, -0.1) is 0 Å². The Morgan fingerprint density at radius 3 is 2.28 bits per heavy atom. The van der Waals surface area contributed by atoms with Crippen molar-refractivity contribution in [2.24, 2.45) is 0 Å². The van der Waals surface area contributed by atoms with E-state index in [0.29, 0.717) is 11.1 Å². The molecule has 0 bridgehead atoms. The minimum Gasteiger partial charge on any atom is -0.350 e. The van der Waals surface area contributed by atoms with Gasteiger partial charge < -0.3 is 5.32 Å². The Hall–Kier alpha value is -1.36. The molecule has 0 saturated carbocycles. The van der Waals surface area contributed by atoms with E-state index in [9.17, 15) is 13.2 Å². The Kier molecular flexibility index (Phi) is 4.90. The van der Waals surface area contributed by atoms with E-state index in [1.165, 1.54) is 6.26 Å². The highest BCUT2D eigenvalue weighted by Crippen LogP contribution is 2.08. The fourth-order valence-corrected chi connectivity index (χ4v) is 2.26. The topological polar surface area (TPSA) is 63.2 Å². The van der Waals surface area contributed by atoms with Crippen LogP contribution in [0.4, 0.5) is 0 Å². The first-order valence-electron chi connectivity index (χ1n) is 5.89. The molecule has 0 unspecified atom stereocenters. The molecule has 4 nitrogen and oxygen atoms in total. The molecule has 1 atom stereocenters. The lowest BCUT2D eigenvalue weighted by Crippen LogP contribution is -2.31. The van der Waals surface area contributed by atoms with E-state index in [4.69, 9.17) is 0 Å². The molecular formula is C13H19NO3S. The van der Waals surface area contributed by atoms with Gasteiger partial charge in [-0.25, -0.2) is 8.42 Å². The maximum atomic E-state index is 11.8. The average molecular weight is 269 g/mol. The number of benzene rings is 1. The highest BCUT2D eigenvalue weighted by molar-refractivity contribution is 7.89. The van der Waals surface area contributed by atoms with Crippen molar-refractivity contribution in [3.63, 3.8) is 0 Å². The highest BCUT2D eigenvalue weighted by atomic mass is 32.2. The Bertz CT molecular complexity index is 506. The lowest BCUT2D eigenvalue weighted by Gasteiger charge is -2.11. The van der Waals surface area contributed by atoms with Crippen molar-refractivity contribution in [3.8, 4) is 0 Å². The molecule has 0 aromatic heterocycles. The minimum absolute atomic E-state index is 0.000260. The van der Waals surface area contributed by atoms with E-state index in [1.54, 1.807) is 24.3 Å². The second-order valence-electron chi connectivity index (χ2n) is 4.55. The van der Waals surface area contributed by atoms with Crippen LogP contribution in [0.1, 0.15) is 36.2 Å². The second kappa shape index (κ2) is 6.00. The van der Waals surface area contributed by atoms with Crippen molar-refractivity contribution in [3.05, 3.63) is 35.4 Å². The van der Waals surface area contributed by atoms with Crippen LogP contribution in [0.2, 0.25) is 0 Å². The van der Waals surface area contributed by atoms with Gasteiger partial charge in [0.2, 0.25) is 0 Å². The van der Waals surface area contributed by atoms with Gasteiger partial charge in [0.1, 0.15) is 0 Å². The summed E-state index contributed by atoms with van der Waals surface area (Å²) < 4.78 is 22.2. The molecule has 1 amide bonds. The Balaban J connectivity index is 2.74. The van der Waals surface area contributed by atoms with Crippen molar-refractivity contribution >= 4 is 15.7 Å². The van der Waals surface area contributed by atoms with Gasteiger partial charge in [0.05, 0.1) is 5.75 Å². The molecule has 1 N–H and O–H groups in total. The summed E-state index contributed by atoms with van der Waals surface area (Å²) in [5, 5.41) is 2.86. The van der Waals surface area contributed by atoms with Crippen LogP contribution in [0.3, 0.4) is 0 Å². The molecule has 0 fully saturated rings. The van der Waals surface area contributed by atoms with Crippen LogP contribution in [0.15, 0.2) is 24.3 Å². The molecule has 5 heteroatoms. The summed E-state index contributed by atoms with van der Waals surface area (Å²) in [5.74, 6) is -0.129. The Morgan fingerprint density at radius 1 is 1.28 bits per heavy atom. The predicted molar refractivity (Wildman–Crippen MR) is 72.2 cm³/mol. The number of carbonyl (C=O) groups is 1. The third-order valence-corrected chi connectivity index (χ3v) is 3.49. The summed E-state index contributed by atoms with van der Waals surface area (Å²) in [4.78, 5) is 11.8. The van der Waals surface area contributed by atoms with Crippen LogP contribution in [-0.4, -0.2) is 26.6 Å². The SMILES string of the molecule is CC[C@@H](C)NC(=O)c1ccc(CS(C)(=O)=O)cc1. The number of hydrogen-bond donors (Lipinski definition) is 1. The molecule has 0 spiro atoms. The zero-order valence-electron chi connectivity index (χ0n) is 10.9. The molecule has 0 aliphatic rings. The normalized spacial score (nSPS) is 13.1. The van der Waals surface area contributed by atoms with Gasteiger partial charge in [-0.3, -0.25) is 4.79 Å². The molecule has 100 valence electrons. The molecule has 1 rings (SSSR count). The molecule has 0 radical (unpaired) electrons. The maximum Gasteiger partial charge on any atom is 0.251 e. The van der Waals surface area contributed by atoms with Crippen LogP contribution in [0, 0.1) is 0 Å². The van der Waals surface area contributed by atoms with Gasteiger partial charge in [0.15, 0.2) is 9.84 Å². The summed E-state index contributed by atoms with van der Waals surface area (Å²) in [6.45, 7) is 3.94. The summed E-state index contributed by atoms with van der Waals surface area (Å²) >= 11 is 0. The fraction of sp³-hybridized carbons (Fsp3) is 0.462. The molecule has 0 aliphatic heterocycles. The maximum absolute atomic E-state index is 11.8. The number of nitrogens with one attached hydrogen (secondary N) is 1. The van der Waals surface area contributed by atoms with E-state index < -0.39 is 9.84 Å². The van der Waals surface area contributed by atoms with Crippen LogP contribution in [-0.2, 0) is 15.6 Å². The zero-order valence-corrected chi connectivity index (χ0v) is 11.8. The molecule has 1 aromatic rings. The number of rotatable bonds is 5. The standard InChI is InChI=1S/C13H19NO3S/c1-4-10(2)14-13(15)12-7-5-11(6-8-12)9-18(3,16)17/h5-8,10H,4,9H2,1-3H3,(H,14,15)/t10-/m1/s1. The van der Waals surface area contributed by atoms with Crippen molar-refractivity contribution in [1.82, 2.24) is 5.32 Å². The van der Waals surface area contributed by atoms with Gasteiger partial charge in [0, 0.05) is 17.9 Å². The zero-order chi connectivity index (χ0) is 13.8. The van der Waals surface area contributed by atoms with Crippen LogP contribution < -0.4 is 5.32 Å². The van der Waals surface area contributed by atoms with Crippen molar-refractivity contribution < 1.29 is 13.2 Å². The summed E-state index contributed by atoms with van der Waals surface area (Å²) in [5.41, 5.74) is 1.24. The first-order valence-corrected chi connectivity index (χ1v) is 7.95. The summed E-state index contributed by atoms with van der Waals surface area (Å²) in [6.07, 6.45) is 2.06. The van der Waals surface area contributed by atoms with Crippen molar-refractivity contribution in [2.75, 3.05) is 6.26 Å². The highest BCUT2D eigenvalue weighted by Gasteiger charge is 2.09. The molecule has 18 heavy (non-hydrogen) atoms. The third-order valence-electron chi connectivity index (χ3n) is 2.63. The van der Waals surface area contributed by atoms with Crippen LogP contribution >= 0.6 is 0 Å². The molecular weight excluding hydrogens is 250 g/mol. The molecule has 1 aromatic carbocycles. The van der Waals surface area contributed by atoms with Gasteiger partial charge >= 0.3 is 0 Å². The quantitative estimate of drug-likeness (QED) is 0.886. The summed E-state index contributed by atoms with van der Waals surface area (Å²) in [7, 11) is -3.03. The van der Waals surface area contributed by atoms with Gasteiger partial charge in [-0.2, -0.15) is 0 Å². The molecule has 0 aliphatic carbocycles. The van der Waals surface area contributed by atoms with E-state index >= 15 is 0 Å². The number of sulfone groups is 1. The summed E-state index contributed by atoms with van der Waals surface area (Å²) in [6, 6.07) is 6.78. The van der Waals surface area contributed by atoms with Crippen molar-refractivity contribution in [2.45, 2.75) is 32.1 Å². The first kappa shape index (κ1) is 14.7. The van der Waals surface area contributed by atoms with Gasteiger partial charge in [-0.05, 0) is 31.0 Å². The molecule has 0 saturated heterocycles. The third kappa shape index (κ3) is 4.87. The first-order chi connectivity index (χ1) is 8.31. The molecule has 0 heterocycles.